The summed E-state index contributed by atoms with van der Waals surface area (Å²) in [5, 5.41) is 3.03. The highest BCUT2D eigenvalue weighted by Gasteiger charge is 2.17. The van der Waals surface area contributed by atoms with E-state index in [2.05, 4.69) is 10.0 Å². The molecule has 162 valence electrons. The van der Waals surface area contributed by atoms with Gasteiger partial charge >= 0.3 is 0 Å². The number of carbonyl (C=O) groups excluding carboxylic acids is 1. The van der Waals surface area contributed by atoms with Crippen LogP contribution < -0.4 is 14.8 Å². The van der Waals surface area contributed by atoms with Crippen molar-refractivity contribution in [3.05, 3.63) is 88.9 Å². The highest BCUT2D eigenvalue weighted by Crippen LogP contribution is 2.26. The maximum Gasteiger partial charge on any atom is 0.261 e. The Morgan fingerprint density at radius 1 is 1.03 bits per heavy atom. The molecule has 8 heteroatoms. The van der Waals surface area contributed by atoms with Crippen molar-refractivity contribution in [1.29, 1.82) is 0 Å². The summed E-state index contributed by atoms with van der Waals surface area (Å²) in [6.07, 6.45) is 0. The Bertz CT molecular complexity index is 1150. The number of carbonyl (C=O) groups is 1. The van der Waals surface area contributed by atoms with Gasteiger partial charge in [-0.2, -0.15) is 0 Å². The lowest BCUT2D eigenvalue weighted by Crippen LogP contribution is -2.26. The van der Waals surface area contributed by atoms with Crippen LogP contribution in [0, 0.1) is 0 Å². The van der Waals surface area contributed by atoms with Crippen molar-refractivity contribution >= 4 is 33.2 Å². The van der Waals surface area contributed by atoms with Gasteiger partial charge in [-0.15, -0.1) is 0 Å². The molecular weight excluding hydrogens is 436 g/mol. The quantitative estimate of drug-likeness (QED) is 0.495. The second-order valence-corrected chi connectivity index (χ2v) is 8.90. The SMILES string of the molecule is CCOc1ccc([C@@H](C)NC(=O)c2ccc(NS(=O)(=O)c3ccccc3)c(Cl)c2)cc1. The number of nitrogens with one attached hydrogen (secondary N) is 2. The normalized spacial score (nSPS) is 12.1. The molecule has 0 aliphatic rings. The summed E-state index contributed by atoms with van der Waals surface area (Å²) in [5.74, 6) is 0.450. The number of halogens is 1. The largest absolute Gasteiger partial charge is 0.494 e. The van der Waals surface area contributed by atoms with Crippen LogP contribution in [0.2, 0.25) is 5.02 Å². The summed E-state index contributed by atoms with van der Waals surface area (Å²) < 4.78 is 32.8. The second-order valence-electron chi connectivity index (χ2n) is 6.81. The van der Waals surface area contributed by atoms with Crippen molar-refractivity contribution in [2.45, 2.75) is 24.8 Å². The van der Waals surface area contributed by atoms with Gasteiger partial charge in [0.25, 0.3) is 15.9 Å². The first-order chi connectivity index (χ1) is 14.8. The van der Waals surface area contributed by atoms with Crippen LogP contribution in [0.4, 0.5) is 5.69 Å². The van der Waals surface area contributed by atoms with Crippen molar-refractivity contribution in [3.8, 4) is 5.75 Å². The minimum Gasteiger partial charge on any atom is -0.494 e. The standard InChI is InChI=1S/C23H23ClN2O4S/c1-3-30-19-12-9-17(10-13-19)16(2)25-23(27)18-11-14-22(21(24)15-18)26-31(28,29)20-7-5-4-6-8-20/h4-16,26H,3H2,1-2H3,(H,25,27)/t16-/m1/s1. The van der Waals surface area contributed by atoms with Gasteiger partial charge < -0.3 is 10.1 Å². The molecule has 1 atom stereocenters. The number of ether oxygens (including phenoxy) is 1. The molecule has 3 rings (SSSR count). The lowest BCUT2D eigenvalue weighted by Gasteiger charge is -2.16. The van der Waals surface area contributed by atoms with Crippen LogP contribution >= 0.6 is 11.6 Å². The van der Waals surface area contributed by atoms with Gasteiger partial charge in [-0.25, -0.2) is 8.42 Å². The topological polar surface area (TPSA) is 84.5 Å². The smallest absolute Gasteiger partial charge is 0.261 e. The molecule has 0 aliphatic heterocycles. The first-order valence-corrected chi connectivity index (χ1v) is 11.6. The molecule has 1 amide bonds. The first-order valence-electron chi connectivity index (χ1n) is 9.71. The Morgan fingerprint density at radius 2 is 1.71 bits per heavy atom. The number of rotatable bonds is 8. The van der Waals surface area contributed by atoms with Crippen molar-refractivity contribution in [2.24, 2.45) is 0 Å². The fourth-order valence-corrected chi connectivity index (χ4v) is 4.31. The molecule has 0 fully saturated rings. The van der Waals surface area contributed by atoms with E-state index in [4.69, 9.17) is 16.3 Å². The Morgan fingerprint density at radius 3 is 2.32 bits per heavy atom. The first kappa shape index (κ1) is 22.7. The number of benzene rings is 3. The van der Waals surface area contributed by atoms with E-state index in [0.29, 0.717) is 12.2 Å². The monoisotopic (exact) mass is 458 g/mol. The molecule has 0 bridgehead atoms. The predicted molar refractivity (Wildman–Crippen MR) is 122 cm³/mol. The summed E-state index contributed by atoms with van der Waals surface area (Å²) in [6.45, 7) is 4.38. The van der Waals surface area contributed by atoms with Crippen LogP contribution in [0.1, 0.15) is 35.8 Å². The number of amides is 1. The molecule has 0 saturated carbocycles. The predicted octanol–water partition coefficient (Wildman–Crippen LogP) is 5.03. The van der Waals surface area contributed by atoms with Crippen LogP contribution in [0.3, 0.4) is 0 Å². The van der Waals surface area contributed by atoms with E-state index < -0.39 is 10.0 Å². The zero-order valence-electron chi connectivity index (χ0n) is 17.1. The van der Waals surface area contributed by atoms with Crippen LogP contribution in [0.5, 0.6) is 5.75 Å². The fourth-order valence-electron chi connectivity index (χ4n) is 2.93. The molecule has 0 spiro atoms. The molecule has 3 aromatic rings. The van der Waals surface area contributed by atoms with E-state index in [9.17, 15) is 13.2 Å². The molecule has 6 nitrogen and oxygen atoms in total. The average molecular weight is 459 g/mol. The molecule has 0 saturated heterocycles. The molecular formula is C23H23ClN2O4S. The van der Waals surface area contributed by atoms with E-state index in [1.54, 1.807) is 18.2 Å². The van der Waals surface area contributed by atoms with Crippen molar-refractivity contribution in [3.63, 3.8) is 0 Å². The van der Waals surface area contributed by atoms with E-state index in [0.717, 1.165) is 11.3 Å². The van der Waals surface area contributed by atoms with Gasteiger partial charge in [0.1, 0.15) is 5.75 Å². The minimum atomic E-state index is -3.78. The average Bonchev–Trinajstić information content (AvgIpc) is 2.76. The van der Waals surface area contributed by atoms with E-state index >= 15 is 0 Å². The van der Waals surface area contributed by atoms with E-state index in [1.807, 2.05) is 38.1 Å². The Balaban J connectivity index is 1.69. The third-order valence-corrected chi connectivity index (χ3v) is 6.26. The van der Waals surface area contributed by atoms with Crippen LogP contribution in [0.15, 0.2) is 77.7 Å². The van der Waals surface area contributed by atoms with Crippen molar-refractivity contribution in [2.75, 3.05) is 11.3 Å². The number of hydrogen-bond acceptors (Lipinski definition) is 4. The Kier molecular flexibility index (Phi) is 7.20. The second kappa shape index (κ2) is 9.85. The number of sulfonamides is 1. The lowest BCUT2D eigenvalue weighted by molar-refractivity contribution is 0.0940. The summed E-state index contributed by atoms with van der Waals surface area (Å²) >= 11 is 6.25. The summed E-state index contributed by atoms with van der Waals surface area (Å²) in [7, 11) is -3.78. The number of anilines is 1. The molecule has 0 radical (unpaired) electrons. The molecule has 31 heavy (non-hydrogen) atoms. The van der Waals surface area contributed by atoms with Crippen LogP contribution in [-0.2, 0) is 10.0 Å². The fraction of sp³-hybridized carbons (Fsp3) is 0.174. The molecule has 0 heterocycles. The maximum absolute atomic E-state index is 12.6. The maximum atomic E-state index is 12.6. The molecule has 0 aromatic heterocycles. The number of hydrogen-bond donors (Lipinski definition) is 2. The van der Waals surface area contributed by atoms with Gasteiger partial charge in [0.15, 0.2) is 0 Å². The zero-order valence-corrected chi connectivity index (χ0v) is 18.7. The van der Waals surface area contributed by atoms with Crippen LogP contribution in [-0.4, -0.2) is 20.9 Å². The van der Waals surface area contributed by atoms with Gasteiger partial charge in [0.2, 0.25) is 0 Å². The van der Waals surface area contributed by atoms with Gasteiger partial charge in [0.05, 0.1) is 28.3 Å². The van der Waals surface area contributed by atoms with Gasteiger partial charge in [-0.1, -0.05) is 41.9 Å². The third kappa shape index (κ3) is 5.77. The zero-order chi connectivity index (χ0) is 22.4. The van der Waals surface area contributed by atoms with Crippen molar-refractivity contribution in [1.82, 2.24) is 5.32 Å². The molecule has 0 aliphatic carbocycles. The molecule has 0 unspecified atom stereocenters. The van der Waals surface area contributed by atoms with Gasteiger partial charge in [-0.05, 0) is 61.9 Å². The Hall–Kier alpha value is -3.03. The summed E-state index contributed by atoms with van der Waals surface area (Å²) in [6, 6.07) is 19.7. The summed E-state index contributed by atoms with van der Waals surface area (Å²) in [5.41, 5.74) is 1.45. The minimum absolute atomic E-state index is 0.122. The van der Waals surface area contributed by atoms with E-state index in [1.165, 1.54) is 30.3 Å². The van der Waals surface area contributed by atoms with Crippen molar-refractivity contribution < 1.29 is 17.9 Å². The van der Waals surface area contributed by atoms with Crippen LogP contribution in [0.25, 0.3) is 0 Å². The Labute approximate surface area is 187 Å². The molecule has 2 N–H and O–H groups in total. The summed E-state index contributed by atoms with van der Waals surface area (Å²) in [4.78, 5) is 12.8. The highest BCUT2D eigenvalue weighted by atomic mass is 35.5. The highest BCUT2D eigenvalue weighted by molar-refractivity contribution is 7.92. The van der Waals surface area contributed by atoms with Gasteiger partial charge in [-0.3, -0.25) is 9.52 Å². The lowest BCUT2D eigenvalue weighted by atomic mass is 10.1. The van der Waals surface area contributed by atoms with E-state index in [-0.39, 0.29) is 27.6 Å². The van der Waals surface area contributed by atoms with Gasteiger partial charge in [0, 0.05) is 5.56 Å². The molecule has 3 aromatic carbocycles. The third-order valence-electron chi connectivity index (χ3n) is 4.57.